The number of nitrogens with zero attached hydrogens (tertiary/aromatic N) is 3. The van der Waals surface area contributed by atoms with Crippen LogP contribution in [0.3, 0.4) is 0 Å². The maximum absolute atomic E-state index is 12.7. The van der Waals surface area contributed by atoms with Gasteiger partial charge in [0.2, 0.25) is 5.91 Å². The Labute approximate surface area is 164 Å². The number of methoxy groups -OCH3 is 2. The third-order valence-corrected chi connectivity index (χ3v) is 4.73. The van der Waals surface area contributed by atoms with Crippen LogP contribution in [0.2, 0.25) is 0 Å². The second kappa shape index (κ2) is 8.60. The van der Waals surface area contributed by atoms with Gasteiger partial charge < -0.3 is 24.6 Å². The minimum absolute atomic E-state index is 0.0996. The quantitative estimate of drug-likeness (QED) is 0.849. The third kappa shape index (κ3) is 4.16. The topological polar surface area (TPSA) is 84.0 Å². The number of nitrogens with one attached hydrogen (secondary N) is 1. The van der Waals surface area contributed by atoms with E-state index >= 15 is 0 Å². The molecule has 0 saturated carbocycles. The summed E-state index contributed by atoms with van der Waals surface area (Å²) in [4.78, 5) is 32.5. The Morgan fingerprint density at radius 3 is 2.14 bits per heavy atom. The zero-order valence-corrected chi connectivity index (χ0v) is 16.3. The number of hydrogen-bond donors (Lipinski definition) is 1. The van der Waals surface area contributed by atoms with Gasteiger partial charge in [0.25, 0.3) is 5.91 Å². The number of aromatic nitrogens is 1. The van der Waals surface area contributed by atoms with E-state index in [0.717, 1.165) is 18.8 Å². The fourth-order valence-electron chi connectivity index (χ4n) is 3.18. The van der Waals surface area contributed by atoms with E-state index < -0.39 is 0 Å². The lowest BCUT2D eigenvalue weighted by atomic mass is 10.1. The van der Waals surface area contributed by atoms with Gasteiger partial charge in [-0.25, -0.2) is 4.98 Å². The lowest BCUT2D eigenvalue weighted by molar-refractivity contribution is -0.129. The summed E-state index contributed by atoms with van der Waals surface area (Å²) in [6.45, 7) is 4.49. The third-order valence-electron chi connectivity index (χ3n) is 4.73. The number of hydrogen-bond acceptors (Lipinski definition) is 6. The van der Waals surface area contributed by atoms with Crippen LogP contribution < -0.4 is 19.7 Å². The molecule has 1 aliphatic heterocycles. The number of piperazine rings is 1. The van der Waals surface area contributed by atoms with Crippen LogP contribution in [0.4, 0.5) is 11.5 Å². The fraction of sp³-hybridized carbons (Fsp3) is 0.350. The summed E-state index contributed by atoms with van der Waals surface area (Å²) >= 11 is 0. The molecule has 1 saturated heterocycles. The van der Waals surface area contributed by atoms with Crippen LogP contribution in [0, 0.1) is 0 Å². The molecule has 2 heterocycles. The number of ether oxygens (including phenoxy) is 2. The van der Waals surface area contributed by atoms with Crippen molar-refractivity contribution in [2.24, 2.45) is 0 Å². The second-order valence-corrected chi connectivity index (χ2v) is 6.39. The number of carbonyl (C=O) groups excluding carboxylic acids is 2. The largest absolute Gasteiger partial charge is 0.496 e. The van der Waals surface area contributed by atoms with Crippen molar-refractivity contribution in [2.75, 3.05) is 50.6 Å². The van der Waals surface area contributed by atoms with Gasteiger partial charge in [-0.2, -0.15) is 0 Å². The highest BCUT2D eigenvalue weighted by atomic mass is 16.5. The first-order valence-corrected chi connectivity index (χ1v) is 9.02. The molecular formula is C20H24N4O4. The first kappa shape index (κ1) is 19.5. The van der Waals surface area contributed by atoms with Crippen molar-refractivity contribution in [2.45, 2.75) is 6.92 Å². The zero-order chi connectivity index (χ0) is 20.1. The molecule has 0 aliphatic carbocycles. The Bertz CT molecular complexity index is 824. The molecule has 0 radical (unpaired) electrons. The van der Waals surface area contributed by atoms with Crippen molar-refractivity contribution in [1.29, 1.82) is 0 Å². The van der Waals surface area contributed by atoms with Crippen LogP contribution in [-0.2, 0) is 4.79 Å². The molecule has 0 bridgehead atoms. The molecule has 0 atom stereocenters. The second-order valence-electron chi connectivity index (χ2n) is 6.39. The lowest BCUT2D eigenvalue weighted by Gasteiger charge is -2.35. The molecule has 8 nitrogen and oxygen atoms in total. The first-order chi connectivity index (χ1) is 13.5. The highest BCUT2D eigenvalue weighted by molar-refractivity contribution is 6.07. The molecule has 1 aromatic carbocycles. The van der Waals surface area contributed by atoms with Gasteiger partial charge in [0.1, 0.15) is 22.9 Å². The normalized spacial score (nSPS) is 13.8. The van der Waals surface area contributed by atoms with E-state index in [1.807, 2.05) is 11.0 Å². The van der Waals surface area contributed by atoms with Gasteiger partial charge >= 0.3 is 0 Å². The number of carbonyl (C=O) groups is 2. The van der Waals surface area contributed by atoms with Crippen LogP contribution >= 0.6 is 0 Å². The van der Waals surface area contributed by atoms with Gasteiger partial charge in [0.05, 0.1) is 26.1 Å². The van der Waals surface area contributed by atoms with Crippen molar-refractivity contribution >= 4 is 23.3 Å². The van der Waals surface area contributed by atoms with E-state index in [4.69, 9.17) is 9.47 Å². The zero-order valence-electron chi connectivity index (χ0n) is 16.3. The van der Waals surface area contributed by atoms with Crippen molar-refractivity contribution in [3.8, 4) is 11.5 Å². The molecule has 148 valence electrons. The Morgan fingerprint density at radius 1 is 1.00 bits per heavy atom. The summed E-state index contributed by atoms with van der Waals surface area (Å²) in [7, 11) is 3.01. The number of anilines is 2. The van der Waals surface area contributed by atoms with Crippen molar-refractivity contribution in [3.63, 3.8) is 0 Å². The molecule has 3 rings (SSSR count). The molecule has 8 heteroatoms. The summed E-state index contributed by atoms with van der Waals surface area (Å²) in [5.41, 5.74) is 1.27. The lowest BCUT2D eigenvalue weighted by Crippen LogP contribution is -2.48. The molecule has 28 heavy (non-hydrogen) atoms. The predicted octanol–water partition coefficient (Wildman–Crippen LogP) is 2.02. The molecule has 2 aromatic rings. The van der Waals surface area contributed by atoms with Crippen LogP contribution in [0.5, 0.6) is 11.5 Å². The van der Waals surface area contributed by atoms with Crippen LogP contribution in [0.25, 0.3) is 0 Å². The summed E-state index contributed by atoms with van der Waals surface area (Å²) in [5.74, 6) is 1.03. The molecule has 1 fully saturated rings. The summed E-state index contributed by atoms with van der Waals surface area (Å²) < 4.78 is 10.5. The standard InChI is InChI=1S/C20H24N4O4/c1-14(25)23-9-11-24(12-10-23)15-7-8-18(21-13-15)22-20(26)19-16(27-2)5-4-6-17(19)28-3/h4-8,13H,9-12H2,1-3H3,(H,21,22,26). The smallest absolute Gasteiger partial charge is 0.264 e. The van der Waals surface area contributed by atoms with Gasteiger partial charge in [-0.15, -0.1) is 0 Å². The monoisotopic (exact) mass is 384 g/mol. The van der Waals surface area contributed by atoms with Crippen molar-refractivity contribution in [1.82, 2.24) is 9.88 Å². The molecular weight excluding hydrogens is 360 g/mol. The molecule has 1 aromatic heterocycles. The van der Waals surface area contributed by atoms with Crippen LogP contribution in [0.15, 0.2) is 36.5 Å². The van der Waals surface area contributed by atoms with E-state index in [1.165, 1.54) is 14.2 Å². The van der Waals surface area contributed by atoms with E-state index in [1.54, 1.807) is 37.4 Å². The maximum atomic E-state index is 12.7. The number of rotatable bonds is 5. The van der Waals surface area contributed by atoms with Gasteiger partial charge in [0.15, 0.2) is 0 Å². The minimum Gasteiger partial charge on any atom is -0.496 e. The molecule has 2 amide bonds. The Balaban J connectivity index is 1.68. The van der Waals surface area contributed by atoms with Crippen molar-refractivity contribution < 1.29 is 19.1 Å². The molecule has 1 aliphatic rings. The Morgan fingerprint density at radius 2 is 1.64 bits per heavy atom. The summed E-state index contributed by atoms with van der Waals surface area (Å²) in [5, 5.41) is 2.78. The highest BCUT2D eigenvalue weighted by Crippen LogP contribution is 2.29. The van der Waals surface area contributed by atoms with Crippen LogP contribution in [0.1, 0.15) is 17.3 Å². The summed E-state index contributed by atoms with van der Waals surface area (Å²) in [6.07, 6.45) is 1.72. The fourth-order valence-corrected chi connectivity index (χ4v) is 3.18. The van der Waals surface area contributed by atoms with Gasteiger partial charge in [-0.05, 0) is 24.3 Å². The average Bonchev–Trinajstić information content (AvgIpc) is 2.73. The van der Waals surface area contributed by atoms with E-state index in [0.29, 0.717) is 36.0 Å². The minimum atomic E-state index is -0.357. The Hall–Kier alpha value is -3.29. The van der Waals surface area contributed by atoms with Gasteiger partial charge in [-0.3, -0.25) is 9.59 Å². The number of pyridine rings is 1. The highest BCUT2D eigenvalue weighted by Gasteiger charge is 2.20. The average molecular weight is 384 g/mol. The first-order valence-electron chi connectivity index (χ1n) is 9.02. The predicted molar refractivity (Wildman–Crippen MR) is 106 cm³/mol. The maximum Gasteiger partial charge on any atom is 0.264 e. The number of benzene rings is 1. The van der Waals surface area contributed by atoms with Crippen LogP contribution in [-0.4, -0.2) is 62.1 Å². The number of amides is 2. The molecule has 0 unspecified atom stereocenters. The van der Waals surface area contributed by atoms with E-state index in [2.05, 4.69) is 15.2 Å². The van der Waals surface area contributed by atoms with E-state index in [9.17, 15) is 9.59 Å². The molecule has 1 N–H and O–H groups in total. The molecule has 0 spiro atoms. The van der Waals surface area contributed by atoms with Crippen molar-refractivity contribution in [3.05, 3.63) is 42.1 Å². The van der Waals surface area contributed by atoms with Gasteiger partial charge in [-0.1, -0.05) is 6.07 Å². The SMILES string of the molecule is COc1cccc(OC)c1C(=O)Nc1ccc(N2CCN(C(C)=O)CC2)cn1. The van der Waals surface area contributed by atoms with Gasteiger partial charge in [0, 0.05) is 33.1 Å². The van der Waals surface area contributed by atoms with E-state index in [-0.39, 0.29) is 11.8 Å². The summed E-state index contributed by atoms with van der Waals surface area (Å²) in [6, 6.07) is 8.83. The Kier molecular flexibility index (Phi) is 5.98.